The van der Waals surface area contributed by atoms with Gasteiger partial charge in [-0.05, 0) is 24.5 Å². The molecule has 56 valence electrons. The van der Waals surface area contributed by atoms with Crippen LogP contribution in [-0.2, 0) is 0 Å². The maximum atomic E-state index is 5.20. The highest BCUT2D eigenvalue weighted by Crippen LogP contribution is 1.95. The van der Waals surface area contributed by atoms with E-state index < -0.39 is 0 Å². The van der Waals surface area contributed by atoms with Crippen molar-refractivity contribution in [1.29, 1.82) is 0 Å². The molecule has 1 aromatic heterocycles. The van der Waals surface area contributed by atoms with Gasteiger partial charge in [-0.1, -0.05) is 12.0 Å². The maximum absolute atomic E-state index is 5.20. The van der Waals surface area contributed by atoms with E-state index in [9.17, 15) is 0 Å². The molecule has 2 N–H and O–H groups in total. The lowest BCUT2D eigenvalue weighted by Gasteiger charge is -1.89. The molecule has 0 fully saturated rings. The summed E-state index contributed by atoms with van der Waals surface area (Å²) in [6, 6.07) is 3.87. The Bertz CT molecular complexity index is 277. The molecule has 11 heavy (non-hydrogen) atoms. The van der Waals surface area contributed by atoms with Crippen LogP contribution in [0.4, 0.5) is 0 Å². The summed E-state index contributed by atoms with van der Waals surface area (Å²) in [5.41, 5.74) is 7.13. The van der Waals surface area contributed by atoms with Crippen LogP contribution in [0.15, 0.2) is 18.3 Å². The van der Waals surface area contributed by atoms with E-state index in [2.05, 4.69) is 16.8 Å². The molecule has 0 spiro atoms. The number of aromatic nitrogens is 1. The average Bonchev–Trinajstić information content (AvgIpc) is 2.04. The zero-order valence-electron chi connectivity index (χ0n) is 6.46. The molecule has 0 aliphatic rings. The fourth-order valence-corrected chi connectivity index (χ4v) is 0.683. The molecule has 0 aliphatic heterocycles. The Kier molecular flexibility index (Phi) is 2.65. The standard InChI is InChI=1S/C9H10N2/c1-8-4-5-9(11-7-8)3-2-6-10/h4-5,7H,6,10H2,1H3. The first-order valence-electron chi connectivity index (χ1n) is 3.44. The van der Waals surface area contributed by atoms with Gasteiger partial charge in [-0.15, -0.1) is 0 Å². The highest BCUT2D eigenvalue weighted by atomic mass is 14.7. The summed E-state index contributed by atoms with van der Waals surface area (Å²) in [5, 5.41) is 0. The lowest BCUT2D eigenvalue weighted by Crippen LogP contribution is -1.93. The first kappa shape index (κ1) is 7.77. The summed E-state index contributed by atoms with van der Waals surface area (Å²) in [6.07, 6.45) is 1.79. The van der Waals surface area contributed by atoms with Crippen molar-refractivity contribution in [3.05, 3.63) is 29.6 Å². The van der Waals surface area contributed by atoms with Crippen molar-refractivity contribution in [2.24, 2.45) is 5.73 Å². The Morgan fingerprint density at radius 2 is 2.36 bits per heavy atom. The van der Waals surface area contributed by atoms with E-state index in [0.29, 0.717) is 6.54 Å². The first-order chi connectivity index (χ1) is 5.33. The largest absolute Gasteiger partial charge is 0.320 e. The molecular formula is C9H10N2. The van der Waals surface area contributed by atoms with Crippen molar-refractivity contribution in [3.63, 3.8) is 0 Å². The van der Waals surface area contributed by atoms with Gasteiger partial charge in [0.15, 0.2) is 0 Å². The van der Waals surface area contributed by atoms with Crippen LogP contribution in [0.1, 0.15) is 11.3 Å². The van der Waals surface area contributed by atoms with Gasteiger partial charge in [-0.3, -0.25) is 0 Å². The fourth-order valence-electron chi connectivity index (χ4n) is 0.683. The van der Waals surface area contributed by atoms with Gasteiger partial charge in [-0.2, -0.15) is 0 Å². The van der Waals surface area contributed by atoms with Crippen LogP contribution in [0.2, 0.25) is 0 Å². The van der Waals surface area contributed by atoms with Crippen LogP contribution in [-0.4, -0.2) is 11.5 Å². The first-order valence-corrected chi connectivity index (χ1v) is 3.44. The Labute approximate surface area is 66.4 Å². The molecule has 1 heterocycles. The van der Waals surface area contributed by atoms with Crippen molar-refractivity contribution < 1.29 is 0 Å². The van der Waals surface area contributed by atoms with Gasteiger partial charge < -0.3 is 5.73 Å². The second-order valence-electron chi connectivity index (χ2n) is 2.23. The maximum Gasteiger partial charge on any atom is 0.113 e. The molecule has 0 aliphatic carbocycles. The molecule has 0 aromatic carbocycles. The topological polar surface area (TPSA) is 38.9 Å². The predicted octanol–water partition coefficient (Wildman–Crippen LogP) is 0.700. The smallest absolute Gasteiger partial charge is 0.113 e. The highest BCUT2D eigenvalue weighted by Gasteiger charge is 1.85. The van der Waals surface area contributed by atoms with E-state index in [1.165, 1.54) is 0 Å². The molecule has 0 saturated heterocycles. The average molecular weight is 146 g/mol. The van der Waals surface area contributed by atoms with E-state index in [0.717, 1.165) is 11.3 Å². The van der Waals surface area contributed by atoms with Crippen LogP contribution in [0.5, 0.6) is 0 Å². The van der Waals surface area contributed by atoms with Gasteiger partial charge in [0.25, 0.3) is 0 Å². The summed E-state index contributed by atoms with van der Waals surface area (Å²) < 4.78 is 0. The van der Waals surface area contributed by atoms with Crippen molar-refractivity contribution in [1.82, 2.24) is 4.98 Å². The molecule has 0 bridgehead atoms. The normalized spacial score (nSPS) is 8.55. The third-order valence-corrected chi connectivity index (χ3v) is 1.23. The zero-order chi connectivity index (χ0) is 8.10. The van der Waals surface area contributed by atoms with Gasteiger partial charge in [0.1, 0.15) is 5.69 Å². The Morgan fingerprint density at radius 3 is 2.91 bits per heavy atom. The molecule has 2 heteroatoms. The molecule has 2 nitrogen and oxygen atoms in total. The van der Waals surface area contributed by atoms with E-state index in [-0.39, 0.29) is 0 Å². The summed E-state index contributed by atoms with van der Waals surface area (Å²) in [6.45, 7) is 2.38. The van der Waals surface area contributed by atoms with E-state index in [1.54, 1.807) is 6.20 Å². The zero-order valence-corrected chi connectivity index (χ0v) is 6.46. The quantitative estimate of drug-likeness (QED) is 0.547. The fraction of sp³-hybridized carbons (Fsp3) is 0.222. The molecule has 0 radical (unpaired) electrons. The monoisotopic (exact) mass is 146 g/mol. The van der Waals surface area contributed by atoms with Gasteiger partial charge in [0, 0.05) is 6.20 Å². The van der Waals surface area contributed by atoms with Crippen molar-refractivity contribution in [2.75, 3.05) is 6.54 Å². The van der Waals surface area contributed by atoms with Crippen LogP contribution < -0.4 is 5.73 Å². The van der Waals surface area contributed by atoms with E-state index in [1.807, 2.05) is 19.1 Å². The number of aryl methyl sites for hydroxylation is 1. The SMILES string of the molecule is Cc1ccc(C#CCN)nc1. The molecule has 1 aromatic rings. The van der Waals surface area contributed by atoms with Crippen LogP contribution in [0, 0.1) is 18.8 Å². The van der Waals surface area contributed by atoms with E-state index in [4.69, 9.17) is 5.73 Å². The van der Waals surface area contributed by atoms with E-state index >= 15 is 0 Å². The number of rotatable bonds is 0. The highest BCUT2D eigenvalue weighted by molar-refractivity contribution is 5.28. The van der Waals surface area contributed by atoms with Crippen LogP contribution in [0.25, 0.3) is 0 Å². The number of hydrogen-bond donors (Lipinski definition) is 1. The van der Waals surface area contributed by atoms with Gasteiger partial charge >= 0.3 is 0 Å². The van der Waals surface area contributed by atoms with Crippen molar-refractivity contribution in [2.45, 2.75) is 6.92 Å². The summed E-state index contributed by atoms with van der Waals surface area (Å²) in [5.74, 6) is 5.58. The molecule has 1 rings (SSSR count). The third-order valence-electron chi connectivity index (χ3n) is 1.23. The summed E-state index contributed by atoms with van der Waals surface area (Å²) in [4.78, 5) is 4.09. The number of pyridine rings is 1. The van der Waals surface area contributed by atoms with Crippen LogP contribution in [0.3, 0.4) is 0 Å². The van der Waals surface area contributed by atoms with Crippen LogP contribution >= 0.6 is 0 Å². The summed E-state index contributed by atoms with van der Waals surface area (Å²) in [7, 11) is 0. The second kappa shape index (κ2) is 3.75. The lowest BCUT2D eigenvalue weighted by atomic mass is 10.3. The molecule has 0 saturated carbocycles. The van der Waals surface area contributed by atoms with Gasteiger partial charge in [0.2, 0.25) is 0 Å². The Hall–Kier alpha value is -1.33. The minimum absolute atomic E-state index is 0.384. The lowest BCUT2D eigenvalue weighted by molar-refractivity contribution is 1.23. The van der Waals surface area contributed by atoms with Gasteiger partial charge in [-0.25, -0.2) is 4.98 Å². The molecule has 0 amide bonds. The van der Waals surface area contributed by atoms with Crippen molar-refractivity contribution in [3.8, 4) is 11.8 Å². The second-order valence-corrected chi connectivity index (χ2v) is 2.23. The predicted molar refractivity (Wildman–Crippen MR) is 44.9 cm³/mol. The number of hydrogen-bond acceptors (Lipinski definition) is 2. The molecule has 0 atom stereocenters. The minimum Gasteiger partial charge on any atom is -0.320 e. The van der Waals surface area contributed by atoms with Gasteiger partial charge in [0.05, 0.1) is 6.54 Å². The summed E-state index contributed by atoms with van der Waals surface area (Å²) >= 11 is 0. The third kappa shape index (κ3) is 2.40. The number of nitrogens with zero attached hydrogens (tertiary/aromatic N) is 1. The Morgan fingerprint density at radius 1 is 1.55 bits per heavy atom. The van der Waals surface area contributed by atoms with Crippen molar-refractivity contribution >= 4 is 0 Å². The molecular weight excluding hydrogens is 136 g/mol. The number of nitrogens with two attached hydrogens (primary N) is 1. The molecule has 0 unspecified atom stereocenters. The Balaban J connectivity index is 2.82. The minimum atomic E-state index is 0.384.